The van der Waals surface area contributed by atoms with Gasteiger partial charge in [-0.1, -0.05) is 41.9 Å². The zero-order valence-corrected chi connectivity index (χ0v) is 18.7. The average Bonchev–Trinajstić information content (AvgIpc) is 3.29. The van der Waals surface area contributed by atoms with Gasteiger partial charge in [-0.25, -0.2) is 8.42 Å². The predicted octanol–water partition coefficient (Wildman–Crippen LogP) is 3.29. The molecular formula is C21H20ClN3O4S2. The molecular weight excluding hydrogens is 458 g/mol. The van der Waals surface area contributed by atoms with E-state index in [1.165, 1.54) is 6.07 Å². The first-order valence-electron chi connectivity index (χ1n) is 9.30. The number of sulfonamides is 1. The van der Waals surface area contributed by atoms with Crippen LogP contribution in [0.4, 0.5) is 5.69 Å². The zero-order valence-electron chi connectivity index (χ0n) is 16.3. The molecule has 2 amide bonds. The first kappa shape index (κ1) is 22.8. The molecule has 10 heteroatoms. The normalized spacial score (nSPS) is 11.0. The summed E-state index contributed by atoms with van der Waals surface area (Å²) in [7, 11) is -3.60. The van der Waals surface area contributed by atoms with E-state index in [9.17, 15) is 18.0 Å². The van der Waals surface area contributed by atoms with E-state index in [1.54, 1.807) is 60.0 Å². The van der Waals surface area contributed by atoms with Crippen molar-refractivity contribution in [3.63, 3.8) is 0 Å². The number of carbonyl (C=O) groups is 2. The minimum Gasteiger partial charge on any atom is -0.354 e. The molecule has 162 valence electrons. The summed E-state index contributed by atoms with van der Waals surface area (Å²) in [5.41, 5.74) is 1.53. The monoisotopic (exact) mass is 477 g/mol. The molecule has 2 aromatic carbocycles. The lowest BCUT2D eigenvalue weighted by Crippen LogP contribution is -2.35. The van der Waals surface area contributed by atoms with Crippen molar-refractivity contribution < 1.29 is 18.0 Å². The number of rotatable bonds is 9. The molecule has 3 aromatic rings. The van der Waals surface area contributed by atoms with Gasteiger partial charge >= 0.3 is 0 Å². The van der Waals surface area contributed by atoms with Gasteiger partial charge in [-0.3, -0.25) is 14.3 Å². The smallest absolute Gasteiger partial charge is 0.271 e. The average molecular weight is 478 g/mol. The van der Waals surface area contributed by atoms with E-state index in [-0.39, 0.29) is 35.5 Å². The number of thiophene rings is 1. The van der Waals surface area contributed by atoms with Crippen LogP contribution in [-0.2, 0) is 21.2 Å². The third kappa shape index (κ3) is 6.55. The highest BCUT2D eigenvalue weighted by Gasteiger charge is 2.15. The van der Waals surface area contributed by atoms with E-state index in [4.69, 9.17) is 11.6 Å². The standard InChI is InChI=1S/C21H20ClN3O4S2/c22-18-5-2-1-4-17(18)21(27)24-12-11-23-19(26)14-15-7-9-16(10-8-15)25-31(28,29)20-6-3-13-30-20/h1-10,13,25H,11-12,14H2,(H,23,26)(H,24,27). The highest BCUT2D eigenvalue weighted by atomic mass is 35.5. The van der Waals surface area contributed by atoms with E-state index in [0.717, 1.165) is 16.9 Å². The summed E-state index contributed by atoms with van der Waals surface area (Å²) in [6.45, 7) is 0.535. The molecule has 1 heterocycles. The Morgan fingerprint density at radius 1 is 0.903 bits per heavy atom. The fourth-order valence-electron chi connectivity index (χ4n) is 2.68. The number of carbonyl (C=O) groups excluding carboxylic acids is 2. The molecule has 3 N–H and O–H groups in total. The van der Waals surface area contributed by atoms with Crippen LogP contribution < -0.4 is 15.4 Å². The van der Waals surface area contributed by atoms with Crippen LogP contribution in [0.5, 0.6) is 0 Å². The molecule has 0 atom stereocenters. The van der Waals surface area contributed by atoms with Crippen LogP contribution in [0.25, 0.3) is 0 Å². The van der Waals surface area contributed by atoms with Crippen LogP contribution in [0.15, 0.2) is 70.3 Å². The van der Waals surface area contributed by atoms with Gasteiger partial charge in [-0.15, -0.1) is 11.3 Å². The fraction of sp³-hybridized carbons (Fsp3) is 0.143. The number of anilines is 1. The SMILES string of the molecule is O=C(Cc1ccc(NS(=O)(=O)c2cccs2)cc1)NCCNC(=O)c1ccccc1Cl. The first-order valence-corrected chi connectivity index (χ1v) is 12.0. The lowest BCUT2D eigenvalue weighted by molar-refractivity contribution is -0.120. The predicted molar refractivity (Wildman–Crippen MR) is 122 cm³/mol. The van der Waals surface area contributed by atoms with Gasteiger partial charge in [-0.2, -0.15) is 0 Å². The van der Waals surface area contributed by atoms with Gasteiger partial charge in [0.2, 0.25) is 5.91 Å². The largest absolute Gasteiger partial charge is 0.354 e. The maximum atomic E-state index is 12.2. The van der Waals surface area contributed by atoms with E-state index >= 15 is 0 Å². The highest BCUT2D eigenvalue weighted by Crippen LogP contribution is 2.20. The van der Waals surface area contributed by atoms with Crippen molar-refractivity contribution >= 4 is 50.5 Å². The van der Waals surface area contributed by atoms with Gasteiger partial charge in [0.1, 0.15) is 4.21 Å². The van der Waals surface area contributed by atoms with Crippen molar-refractivity contribution in [1.82, 2.24) is 10.6 Å². The molecule has 7 nitrogen and oxygen atoms in total. The van der Waals surface area contributed by atoms with E-state index in [1.807, 2.05) is 0 Å². The number of benzene rings is 2. The number of hydrogen-bond donors (Lipinski definition) is 3. The molecule has 0 spiro atoms. The Morgan fingerprint density at radius 3 is 2.29 bits per heavy atom. The van der Waals surface area contributed by atoms with E-state index in [2.05, 4.69) is 15.4 Å². The Hall–Kier alpha value is -2.88. The van der Waals surface area contributed by atoms with Crippen LogP contribution in [0, 0.1) is 0 Å². The summed E-state index contributed by atoms with van der Waals surface area (Å²) >= 11 is 7.11. The van der Waals surface area contributed by atoms with Crippen LogP contribution in [0.3, 0.4) is 0 Å². The number of hydrogen-bond acceptors (Lipinski definition) is 5. The van der Waals surface area contributed by atoms with Crippen molar-refractivity contribution in [2.75, 3.05) is 17.8 Å². The molecule has 0 aliphatic heterocycles. The summed E-state index contributed by atoms with van der Waals surface area (Å²) in [5.74, 6) is -0.514. The Morgan fingerprint density at radius 2 is 1.61 bits per heavy atom. The van der Waals surface area contributed by atoms with Crippen molar-refractivity contribution in [2.45, 2.75) is 10.6 Å². The molecule has 0 radical (unpaired) electrons. The molecule has 0 bridgehead atoms. The van der Waals surface area contributed by atoms with Gasteiger partial charge in [0.15, 0.2) is 0 Å². The van der Waals surface area contributed by atoms with Gasteiger partial charge < -0.3 is 10.6 Å². The Bertz CT molecular complexity index is 1150. The lowest BCUT2D eigenvalue weighted by atomic mass is 10.1. The van der Waals surface area contributed by atoms with Crippen LogP contribution in [0.2, 0.25) is 5.02 Å². The topological polar surface area (TPSA) is 104 Å². The molecule has 3 rings (SSSR count). The minimum atomic E-state index is -3.60. The lowest BCUT2D eigenvalue weighted by Gasteiger charge is -2.09. The summed E-state index contributed by atoms with van der Waals surface area (Å²) < 4.78 is 27.2. The van der Waals surface area contributed by atoms with Gasteiger partial charge in [-0.05, 0) is 41.3 Å². The zero-order chi connectivity index (χ0) is 22.3. The van der Waals surface area contributed by atoms with Crippen molar-refractivity contribution in [2.24, 2.45) is 0 Å². The molecule has 0 aliphatic rings. The van der Waals surface area contributed by atoms with Crippen molar-refractivity contribution in [1.29, 1.82) is 0 Å². The second kappa shape index (κ2) is 10.4. The highest BCUT2D eigenvalue weighted by molar-refractivity contribution is 7.94. The first-order chi connectivity index (χ1) is 14.8. The molecule has 0 aliphatic carbocycles. The summed E-state index contributed by atoms with van der Waals surface area (Å²) in [6.07, 6.45) is 0.135. The summed E-state index contributed by atoms with van der Waals surface area (Å²) in [5, 5.41) is 7.48. The van der Waals surface area contributed by atoms with Gasteiger partial charge in [0.25, 0.3) is 15.9 Å². The fourth-order valence-corrected chi connectivity index (χ4v) is 4.95. The van der Waals surface area contributed by atoms with Crippen LogP contribution >= 0.6 is 22.9 Å². The number of halogens is 1. The van der Waals surface area contributed by atoms with Crippen LogP contribution in [-0.4, -0.2) is 33.3 Å². The summed E-state index contributed by atoms with van der Waals surface area (Å²) in [6, 6.07) is 16.5. The van der Waals surface area contributed by atoms with E-state index < -0.39 is 10.0 Å². The maximum Gasteiger partial charge on any atom is 0.271 e. The summed E-state index contributed by atoms with van der Waals surface area (Å²) in [4.78, 5) is 24.1. The third-order valence-electron chi connectivity index (χ3n) is 4.18. The Balaban J connectivity index is 1.42. The second-order valence-electron chi connectivity index (χ2n) is 6.50. The molecule has 31 heavy (non-hydrogen) atoms. The third-order valence-corrected chi connectivity index (χ3v) is 7.29. The number of amides is 2. The van der Waals surface area contributed by atoms with E-state index in [0.29, 0.717) is 16.3 Å². The maximum absolute atomic E-state index is 12.2. The van der Waals surface area contributed by atoms with Gasteiger partial charge in [0, 0.05) is 18.8 Å². The second-order valence-corrected chi connectivity index (χ2v) is 9.76. The molecule has 0 saturated carbocycles. The molecule has 0 unspecified atom stereocenters. The molecule has 0 saturated heterocycles. The number of nitrogens with one attached hydrogen (secondary N) is 3. The Kier molecular flexibility index (Phi) is 7.67. The van der Waals surface area contributed by atoms with Crippen molar-refractivity contribution in [3.8, 4) is 0 Å². The van der Waals surface area contributed by atoms with Crippen LogP contribution in [0.1, 0.15) is 15.9 Å². The van der Waals surface area contributed by atoms with Crippen molar-refractivity contribution in [3.05, 3.63) is 82.2 Å². The minimum absolute atomic E-state index is 0.135. The van der Waals surface area contributed by atoms with Gasteiger partial charge in [0.05, 0.1) is 17.0 Å². The molecule has 0 fully saturated rings. The molecule has 1 aromatic heterocycles. The quantitative estimate of drug-likeness (QED) is 0.411. The Labute approximate surface area is 189 Å².